The van der Waals surface area contributed by atoms with Crippen LogP contribution in [0.2, 0.25) is 0 Å². The van der Waals surface area contributed by atoms with E-state index in [2.05, 4.69) is 19.9 Å². The fourth-order valence-corrected chi connectivity index (χ4v) is 6.48. The van der Waals surface area contributed by atoms with Gasteiger partial charge >= 0.3 is 6.01 Å². The van der Waals surface area contributed by atoms with E-state index in [1.54, 1.807) is 6.07 Å². The van der Waals surface area contributed by atoms with Crippen LogP contribution in [0.1, 0.15) is 42.4 Å². The summed E-state index contributed by atoms with van der Waals surface area (Å²) in [6, 6.07) is 7.27. The first-order chi connectivity index (χ1) is 16.6. The van der Waals surface area contributed by atoms with E-state index in [-0.39, 0.29) is 23.5 Å². The third-order valence-electron chi connectivity index (χ3n) is 7.17. The number of primary sulfonamides is 1. The smallest absolute Gasteiger partial charge is 0.342 e. The van der Waals surface area contributed by atoms with Crippen molar-refractivity contribution in [1.82, 2.24) is 10.1 Å². The zero-order chi connectivity index (χ0) is 24.9. The van der Waals surface area contributed by atoms with Crippen LogP contribution in [0.4, 0.5) is 18.9 Å². The minimum Gasteiger partial charge on any atom is -0.381 e. The summed E-state index contributed by atoms with van der Waals surface area (Å²) in [5.74, 6) is -1.77. The molecule has 1 aromatic heterocycles. The molecule has 7 nitrogen and oxygen atoms in total. The molecule has 2 bridgehead atoms. The molecule has 11 heteroatoms. The SMILES string of the molecule is Cc1c(NCc2c(F)cccc2CN2C3CCC2CC3)ccc(-c2noc(F)c2F)c1S(N)(=O)=O. The first-order valence-corrected chi connectivity index (χ1v) is 12.9. The van der Waals surface area contributed by atoms with Gasteiger partial charge in [0.15, 0.2) is 5.69 Å². The highest BCUT2D eigenvalue weighted by Crippen LogP contribution is 2.39. The number of benzene rings is 2. The number of aromatic nitrogens is 1. The minimum absolute atomic E-state index is 0.0996. The molecule has 3 N–H and O–H groups in total. The van der Waals surface area contributed by atoms with E-state index in [4.69, 9.17) is 5.14 Å². The highest BCUT2D eigenvalue weighted by atomic mass is 32.2. The molecule has 0 unspecified atom stereocenters. The Balaban J connectivity index is 1.45. The molecule has 2 aromatic carbocycles. The molecular formula is C24H25F3N4O3S. The summed E-state index contributed by atoms with van der Waals surface area (Å²) >= 11 is 0. The van der Waals surface area contributed by atoms with Crippen molar-refractivity contribution in [3.8, 4) is 11.3 Å². The van der Waals surface area contributed by atoms with Crippen molar-refractivity contribution >= 4 is 15.7 Å². The molecule has 0 aliphatic carbocycles. The van der Waals surface area contributed by atoms with Gasteiger partial charge in [0.1, 0.15) is 5.82 Å². The van der Waals surface area contributed by atoms with E-state index < -0.39 is 32.4 Å². The Morgan fingerprint density at radius 2 is 1.80 bits per heavy atom. The Morgan fingerprint density at radius 3 is 2.40 bits per heavy atom. The zero-order valence-electron chi connectivity index (χ0n) is 19.0. The molecule has 35 heavy (non-hydrogen) atoms. The number of nitrogens with two attached hydrogens (primary N) is 1. The number of fused-ring (bicyclic) bond motifs is 2. The predicted molar refractivity (Wildman–Crippen MR) is 123 cm³/mol. The highest BCUT2D eigenvalue weighted by Gasteiger charge is 2.39. The number of nitrogens with one attached hydrogen (secondary N) is 1. The molecule has 2 aliphatic heterocycles. The van der Waals surface area contributed by atoms with Crippen LogP contribution in [0.25, 0.3) is 11.3 Å². The number of nitrogens with zero attached hydrogens (tertiary/aromatic N) is 2. The van der Waals surface area contributed by atoms with Crippen molar-refractivity contribution in [2.75, 3.05) is 5.32 Å². The Bertz CT molecular complexity index is 1370. The fourth-order valence-electron chi connectivity index (χ4n) is 5.47. The van der Waals surface area contributed by atoms with Crippen molar-refractivity contribution in [3.05, 3.63) is 64.7 Å². The summed E-state index contributed by atoms with van der Waals surface area (Å²) in [6.07, 6.45) is 4.69. The van der Waals surface area contributed by atoms with Crippen molar-refractivity contribution in [2.45, 2.75) is 62.7 Å². The maximum Gasteiger partial charge on any atom is 0.342 e. The quantitative estimate of drug-likeness (QED) is 0.491. The first kappa shape index (κ1) is 23.8. The fraction of sp³-hybridized carbons (Fsp3) is 0.375. The number of anilines is 1. The van der Waals surface area contributed by atoms with Crippen LogP contribution in [-0.4, -0.2) is 30.6 Å². The van der Waals surface area contributed by atoms with Gasteiger partial charge in [-0.15, -0.1) is 0 Å². The highest BCUT2D eigenvalue weighted by molar-refractivity contribution is 7.89. The van der Waals surface area contributed by atoms with Gasteiger partial charge in [-0.1, -0.05) is 17.3 Å². The van der Waals surface area contributed by atoms with E-state index in [0.717, 1.165) is 5.56 Å². The average Bonchev–Trinajstić information content (AvgIpc) is 3.47. The Morgan fingerprint density at radius 1 is 1.11 bits per heavy atom. The van der Waals surface area contributed by atoms with Gasteiger partial charge in [0.2, 0.25) is 15.8 Å². The van der Waals surface area contributed by atoms with Crippen LogP contribution in [0.5, 0.6) is 0 Å². The molecule has 0 atom stereocenters. The molecule has 0 amide bonds. The minimum atomic E-state index is -4.35. The molecule has 2 aliphatic rings. The van der Waals surface area contributed by atoms with Crippen LogP contribution >= 0.6 is 0 Å². The maximum atomic E-state index is 14.9. The standard InChI is InChI=1S/C24H25F3N4O3S/c1-13-20(10-9-17(23(13)35(28,32)33)22-21(26)24(27)34-30-22)29-11-18-14(3-2-4-19(18)25)12-31-15-5-6-16(31)8-7-15/h2-4,9-10,15-16,29H,5-8,11-12H2,1H3,(H2,28,32,33). The normalized spacial score (nSPS) is 20.0. The van der Waals surface area contributed by atoms with Gasteiger partial charge in [0.05, 0.1) is 4.90 Å². The molecular weight excluding hydrogens is 481 g/mol. The second kappa shape index (κ2) is 8.96. The van der Waals surface area contributed by atoms with Crippen LogP contribution in [0.3, 0.4) is 0 Å². The number of hydrogen-bond donors (Lipinski definition) is 2. The van der Waals surface area contributed by atoms with Crippen LogP contribution in [-0.2, 0) is 23.1 Å². The lowest BCUT2D eigenvalue weighted by Crippen LogP contribution is -2.28. The molecule has 5 rings (SSSR count). The second-order valence-electron chi connectivity index (χ2n) is 9.14. The molecule has 186 valence electrons. The van der Waals surface area contributed by atoms with Gasteiger partial charge in [-0.25, -0.2) is 17.9 Å². The molecule has 0 radical (unpaired) electrons. The third kappa shape index (κ3) is 4.32. The molecule has 0 saturated carbocycles. The van der Waals surface area contributed by atoms with E-state index in [1.165, 1.54) is 50.8 Å². The number of rotatable bonds is 7. The predicted octanol–water partition coefficient (Wildman–Crippen LogP) is 4.45. The van der Waals surface area contributed by atoms with Crippen molar-refractivity contribution in [2.24, 2.45) is 5.14 Å². The zero-order valence-corrected chi connectivity index (χ0v) is 19.8. The van der Waals surface area contributed by atoms with Crippen LogP contribution < -0.4 is 10.5 Å². The number of hydrogen-bond acceptors (Lipinski definition) is 6. The van der Waals surface area contributed by atoms with Crippen LogP contribution in [0.15, 0.2) is 39.8 Å². The lowest BCUT2D eigenvalue weighted by molar-refractivity contribution is 0.243. The van der Waals surface area contributed by atoms with E-state index in [9.17, 15) is 21.6 Å². The lowest BCUT2D eigenvalue weighted by atomic mass is 10.0. The summed E-state index contributed by atoms with van der Waals surface area (Å²) in [7, 11) is -4.35. The van der Waals surface area contributed by atoms with E-state index >= 15 is 0 Å². The number of sulfonamides is 1. The van der Waals surface area contributed by atoms with Gasteiger partial charge in [-0.3, -0.25) is 4.90 Å². The largest absolute Gasteiger partial charge is 0.381 e. The van der Waals surface area contributed by atoms with Crippen molar-refractivity contribution in [1.29, 1.82) is 0 Å². The molecule has 3 heterocycles. The third-order valence-corrected chi connectivity index (χ3v) is 8.27. The van der Waals surface area contributed by atoms with E-state index in [1.807, 2.05) is 6.07 Å². The number of halogens is 3. The molecule has 0 spiro atoms. The van der Waals surface area contributed by atoms with Crippen molar-refractivity contribution < 1.29 is 26.1 Å². The summed E-state index contributed by atoms with van der Waals surface area (Å²) < 4.78 is 71.3. The van der Waals surface area contributed by atoms with E-state index in [0.29, 0.717) is 29.9 Å². The first-order valence-electron chi connectivity index (χ1n) is 11.4. The topological polar surface area (TPSA) is 101 Å². The molecule has 2 fully saturated rings. The van der Waals surface area contributed by atoms with Gasteiger partial charge < -0.3 is 9.84 Å². The Kier molecular flexibility index (Phi) is 6.10. The second-order valence-corrected chi connectivity index (χ2v) is 10.6. The van der Waals surface area contributed by atoms with Gasteiger partial charge in [-0.2, -0.15) is 8.78 Å². The molecule has 2 saturated heterocycles. The molecule has 3 aromatic rings. The summed E-state index contributed by atoms with van der Waals surface area (Å²) in [6.45, 7) is 2.23. The Labute approximate surface area is 201 Å². The Hall–Kier alpha value is -2.89. The van der Waals surface area contributed by atoms with Crippen molar-refractivity contribution in [3.63, 3.8) is 0 Å². The summed E-state index contributed by atoms with van der Waals surface area (Å²) in [5, 5.41) is 11.8. The monoisotopic (exact) mass is 506 g/mol. The summed E-state index contributed by atoms with van der Waals surface area (Å²) in [4.78, 5) is 2.03. The van der Waals surface area contributed by atoms with Gasteiger partial charge in [0.25, 0.3) is 0 Å². The lowest BCUT2D eigenvalue weighted by Gasteiger charge is -2.24. The van der Waals surface area contributed by atoms with Gasteiger partial charge in [0, 0.05) is 42.0 Å². The maximum absolute atomic E-state index is 14.9. The average molecular weight is 507 g/mol. The van der Waals surface area contributed by atoms with Gasteiger partial charge in [-0.05, 0) is 61.9 Å². The summed E-state index contributed by atoms with van der Waals surface area (Å²) in [5.41, 5.74) is 1.07. The van der Waals surface area contributed by atoms with Crippen LogP contribution in [0, 0.1) is 24.6 Å².